The van der Waals surface area contributed by atoms with Crippen LogP contribution in [-0.4, -0.2) is 19.6 Å². The van der Waals surface area contributed by atoms with Gasteiger partial charge in [0.25, 0.3) is 0 Å². The summed E-state index contributed by atoms with van der Waals surface area (Å²) in [6, 6.07) is 2.14. The normalized spacial score (nSPS) is 11.0. The van der Waals surface area contributed by atoms with Crippen LogP contribution in [0.4, 0.5) is 0 Å². The van der Waals surface area contributed by atoms with Crippen LogP contribution in [0, 0.1) is 0 Å². The Morgan fingerprint density at radius 3 is 2.76 bits per heavy atom. The van der Waals surface area contributed by atoms with Crippen molar-refractivity contribution in [3.63, 3.8) is 0 Å². The molecule has 0 bridgehead atoms. The third kappa shape index (κ3) is 2.69. The summed E-state index contributed by atoms with van der Waals surface area (Å²) in [5, 5.41) is 8.80. The summed E-state index contributed by atoms with van der Waals surface area (Å²) >= 11 is 5.76. The van der Waals surface area contributed by atoms with Crippen molar-refractivity contribution >= 4 is 11.6 Å². The van der Waals surface area contributed by atoms with Crippen molar-refractivity contribution in [3.05, 3.63) is 35.4 Å². The van der Waals surface area contributed by atoms with Gasteiger partial charge < -0.3 is 0 Å². The molecule has 0 aliphatic rings. The Hall–Kier alpha value is -1.29. The van der Waals surface area contributed by atoms with E-state index in [9.17, 15) is 0 Å². The molecule has 0 unspecified atom stereocenters. The van der Waals surface area contributed by atoms with Crippen LogP contribution in [0.1, 0.15) is 30.8 Å². The maximum Gasteiger partial charge on any atom is 0.0828 e. The molecule has 0 atom stereocenters. The largest absolute Gasteiger partial charge is 0.268 e. The molecular weight excluding hydrogens is 236 g/mol. The number of aromatic nitrogens is 4. The fourth-order valence-corrected chi connectivity index (χ4v) is 1.95. The predicted molar refractivity (Wildman–Crippen MR) is 68.2 cm³/mol. The van der Waals surface area contributed by atoms with Crippen molar-refractivity contribution in [3.8, 4) is 0 Å². The van der Waals surface area contributed by atoms with E-state index in [2.05, 4.69) is 30.1 Å². The van der Waals surface area contributed by atoms with E-state index in [0.717, 1.165) is 30.8 Å². The zero-order chi connectivity index (χ0) is 12.3. The highest BCUT2D eigenvalue weighted by molar-refractivity contribution is 6.17. The number of alkyl halides is 1. The van der Waals surface area contributed by atoms with Crippen LogP contribution in [0.2, 0.25) is 0 Å². The zero-order valence-electron chi connectivity index (χ0n) is 10.2. The maximum atomic E-state index is 5.76. The number of nitrogens with zero attached hydrogens (tertiary/aromatic N) is 4. The lowest BCUT2D eigenvalue weighted by molar-refractivity contribution is 0.573. The van der Waals surface area contributed by atoms with Crippen LogP contribution in [0.15, 0.2) is 18.5 Å². The monoisotopic (exact) mass is 252 g/mol. The molecule has 92 valence electrons. The molecule has 2 aromatic heterocycles. The van der Waals surface area contributed by atoms with Crippen LogP contribution >= 0.6 is 11.6 Å². The van der Waals surface area contributed by atoms with Gasteiger partial charge in [0, 0.05) is 18.3 Å². The second kappa shape index (κ2) is 5.36. The molecule has 0 aliphatic carbocycles. The Kier molecular flexibility index (Phi) is 3.84. The Morgan fingerprint density at radius 1 is 1.35 bits per heavy atom. The van der Waals surface area contributed by atoms with Gasteiger partial charge in [0.1, 0.15) is 0 Å². The van der Waals surface area contributed by atoms with Gasteiger partial charge in [-0.3, -0.25) is 9.36 Å². The van der Waals surface area contributed by atoms with Crippen molar-refractivity contribution in [2.75, 3.05) is 0 Å². The van der Waals surface area contributed by atoms with E-state index in [1.54, 1.807) is 6.20 Å². The van der Waals surface area contributed by atoms with E-state index in [-0.39, 0.29) is 0 Å². The molecule has 0 amide bonds. The SMILES string of the molecule is CCc1cc(Cn2cc(CCl)cn2)n(CC)n1. The van der Waals surface area contributed by atoms with E-state index < -0.39 is 0 Å². The molecule has 2 rings (SSSR count). The summed E-state index contributed by atoms with van der Waals surface area (Å²) in [6.45, 7) is 5.85. The molecule has 0 aliphatic heterocycles. The van der Waals surface area contributed by atoms with Gasteiger partial charge in [-0.05, 0) is 19.4 Å². The fourth-order valence-electron chi connectivity index (χ4n) is 1.82. The predicted octanol–water partition coefficient (Wildman–Crippen LogP) is 2.45. The molecule has 17 heavy (non-hydrogen) atoms. The van der Waals surface area contributed by atoms with E-state index >= 15 is 0 Å². The highest BCUT2D eigenvalue weighted by Gasteiger charge is 2.07. The van der Waals surface area contributed by atoms with E-state index in [4.69, 9.17) is 11.6 Å². The summed E-state index contributed by atoms with van der Waals surface area (Å²) in [4.78, 5) is 0. The topological polar surface area (TPSA) is 35.6 Å². The summed E-state index contributed by atoms with van der Waals surface area (Å²) in [7, 11) is 0. The Labute approximate surface area is 106 Å². The Morgan fingerprint density at radius 2 is 2.18 bits per heavy atom. The van der Waals surface area contributed by atoms with Crippen molar-refractivity contribution in [2.24, 2.45) is 0 Å². The molecule has 5 heteroatoms. The quantitative estimate of drug-likeness (QED) is 0.767. The van der Waals surface area contributed by atoms with Crippen molar-refractivity contribution < 1.29 is 0 Å². The van der Waals surface area contributed by atoms with E-state index in [1.807, 2.05) is 15.6 Å². The second-order valence-electron chi connectivity index (χ2n) is 3.98. The standard InChI is InChI=1S/C12H17ClN4/c1-3-11-5-12(17(4-2)15-11)9-16-8-10(6-13)7-14-16/h5,7-8H,3-4,6,9H2,1-2H3. The van der Waals surface area contributed by atoms with Gasteiger partial charge in [0.15, 0.2) is 0 Å². The summed E-state index contributed by atoms with van der Waals surface area (Å²) in [5.74, 6) is 0.507. The van der Waals surface area contributed by atoms with Gasteiger partial charge in [-0.1, -0.05) is 6.92 Å². The molecule has 0 saturated heterocycles. The van der Waals surface area contributed by atoms with Gasteiger partial charge in [0.2, 0.25) is 0 Å². The molecule has 2 aromatic rings. The lowest BCUT2D eigenvalue weighted by atomic mass is 10.3. The van der Waals surface area contributed by atoms with Gasteiger partial charge in [-0.2, -0.15) is 10.2 Å². The number of hydrogen-bond donors (Lipinski definition) is 0. The first-order valence-corrected chi connectivity index (χ1v) is 6.43. The van der Waals surface area contributed by atoms with E-state index in [1.165, 1.54) is 5.69 Å². The van der Waals surface area contributed by atoms with Gasteiger partial charge >= 0.3 is 0 Å². The smallest absolute Gasteiger partial charge is 0.0828 e. The lowest BCUT2D eigenvalue weighted by Gasteiger charge is -2.04. The van der Waals surface area contributed by atoms with Gasteiger partial charge in [-0.25, -0.2) is 0 Å². The van der Waals surface area contributed by atoms with Crippen LogP contribution in [0.3, 0.4) is 0 Å². The highest BCUT2D eigenvalue weighted by Crippen LogP contribution is 2.09. The second-order valence-corrected chi connectivity index (χ2v) is 4.24. The number of rotatable bonds is 5. The summed E-state index contributed by atoms with van der Waals surface area (Å²) in [6.07, 6.45) is 4.75. The summed E-state index contributed by atoms with van der Waals surface area (Å²) in [5.41, 5.74) is 3.37. The molecular formula is C12H17ClN4. The number of halogens is 1. The molecule has 0 N–H and O–H groups in total. The minimum absolute atomic E-state index is 0.507. The highest BCUT2D eigenvalue weighted by atomic mass is 35.5. The van der Waals surface area contributed by atoms with Crippen molar-refractivity contribution in [1.29, 1.82) is 0 Å². The third-order valence-electron chi connectivity index (χ3n) is 2.74. The summed E-state index contributed by atoms with van der Waals surface area (Å²) < 4.78 is 3.93. The van der Waals surface area contributed by atoms with Gasteiger partial charge in [-0.15, -0.1) is 11.6 Å². The van der Waals surface area contributed by atoms with Crippen LogP contribution in [0.5, 0.6) is 0 Å². The maximum absolute atomic E-state index is 5.76. The van der Waals surface area contributed by atoms with Crippen LogP contribution in [-0.2, 0) is 25.4 Å². The van der Waals surface area contributed by atoms with Crippen LogP contribution in [0.25, 0.3) is 0 Å². The van der Waals surface area contributed by atoms with Crippen LogP contribution < -0.4 is 0 Å². The Bertz CT molecular complexity index is 486. The van der Waals surface area contributed by atoms with Crippen molar-refractivity contribution in [2.45, 2.75) is 39.2 Å². The molecule has 0 spiro atoms. The first-order valence-electron chi connectivity index (χ1n) is 5.89. The minimum Gasteiger partial charge on any atom is -0.268 e. The molecule has 0 saturated carbocycles. The minimum atomic E-state index is 0.507. The average molecular weight is 253 g/mol. The zero-order valence-corrected chi connectivity index (χ0v) is 11.0. The van der Waals surface area contributed by atoms with E-state index in [0.29, 0.717) is 5.88 Å². The lowest BCUT2D eigenvalue weighted by Crippen LogP contribution is -2.08. The first kappa shape index (κ1) is 12.2. The number of hydrogen-bond acceptors (Lipinski definition) is 2. The molecule has 0 fully saturated rings. The molecule has 0 radical (unpaired) electrons. The molecule has 4 nitrogen and oxygen atoms in total. The third-order valence-corrected chi connectivity index (χ3v) is 3.05. The number of aryl methyl sites for hydroxylation is 2. The first-order chi connectivity index (χ1) is 8.26. The van der Waals surface area contributed by atoms with Gasteiger partial charge in [0.05, 0.1) is 30.0 Å². The Balaban J connectivity index is 2.19. The fraction of sp³-hybridized carbons (Fsp3) is 0.500. The molecule has 0 aromatic carbocycles. The van der Waals surface area contributed by atoms with Crippen molar-refractivity contribution in [1.82, 2.24) is 19.6 Å². The molecule has 2 heterocycles. The average Bonchev–Trinajstić information content (AvgIpc) is 2.95.